The van der Waals surface area contributed by atoms with E-state index in [9.17, 15) is 4.79 Å². The molecule has 15 heavy (non-hydrogen) atoms. The van der Waals surface area contributed by atoms with Crippen molar-refractivity contribution >= 4 is 5.78 Å². The molecule has 0 aliphatic carbocycles. The zero-order valence-electron chi connectivity index (χ0n) is 8.34. The number of hydrogen-bond donors (Lipinski definition) is 0. The molecule has 0 bridgehead atoms. The first-order chi connectivity index (χ1) is 7.29. The molecule has 1 aromatic heterocycles. The third-order valence-corrected chi connectivity index (χ3v) is 2.17. The number of carbonyl (C=O) groups excluding carboxylic acids is 1. The molecule has 0 spiro atoms. The van der Waals surface area contributed by atoms with Gasteiger partial charge in [-0.15, -0.1) is 0 Å². The summed E-state index contributed by atoms with van der Waals surface area (Å²) in [7, 11) is 1.55. The van der Waals surface area contributed by atoms with Crippen LogP contribution in [0.4, 0.5) is 0 Å². The fourth-order valence-electron chi connectivity index (χ4n) is 1.41. The summed E-state index contributed by atoms with van der Waals surface area (Å²) in [5, 5.41) is 0. The third kappa shape index (κ3) is 2.15. The molecule has 2 rings (SSSR count). The molecule has 4 nitrogen and oxygen atoms in total. The van der Waals surface area contributed by atoms with Crippen molar-refractivity contribution in [3.8, 4) is 5.88 Å². The lowest BCUT2D eigenvalue weighted by atomic mass is 10.1. The number of ether oxygens (including phenoxy) is 2. The molecule has 1 aliphatic rings. The predicted molar refractivity (Wildman–Crippen MR) is 53.4 cm³/mol. The molecule has 1 aromatic rings. The monoisotopic (exact) mass is 205 g/mol. The van der Waals surface area contributed by atoms with Crippen LogP contribution < -0.4 is 4.74 Å². The zero-order chi connectivity index (χ0) is 10.7. The summed E-state index contributed by atoms with van der Waals surface area (Å²) in [5.41, 5.74) is 0.715. The molecule has 1 aliphatic heterocycles. The molecular formula is C11H11NO3. The highest BCUT2D eigenvalue weighted by molar-refractivity contribution is 5.90. The molecule has 0 radical (unpaired) electrons. The van der Waals surface area contributed by atoms with E-state index in [2.05, 4.69) is 4.98 Å². The molecule has 1 atom stereocenters. The predicted octanol–water partition coefficient (Wildman–Crippen LogP) is 1.63. The smallest absolute Gasteiger partial charge is 0.213 e. The molecule has 2 heterocycles. The van der Waals surface area contributed by atoms with Gasteiger partial charge < -0.3 is 9.47 Å². The average molecular weight is 205 g/mol. The van der Waals surface area contributed by atoms with Crippen molar-refractivity contribution in [3.05, 3.63) is 36.2 Å². The second-order valence-electron chi connectivity index (χ2n) is 3.20. The first-order valence-electron chi connectivity index (χ1n) is 4.65. The van der Waals surface area contributed by atoms with Crippen molar-refractivity contribution < 1.29 is 14.3 Å². The van der Waals surface area contributed by atoms with E-state index in [-0.39, 0.29) is 11.9 Å². The van der Waals surface area contributed by atoms with Gasteiger partial charge >= 0.3 is 0 Å². The van der Waals surface area contributed by atoms with Crippen LogP contribution in [0.15, 0.2) is 30.5 Å². The minimum atomic E-state index is -0.294. The molecule has 0 fully saturated rings. The zero-order valence-corrected chi connectivity index (χ0v) is 8.34. The third-order valence-electron chi connectivity index (χ3n) is 2.17. The molecule has 0 amide bonds. The largest absolute Gasteiger partial charge is 0.491 e. The van der Waals surface area contributed by atoms with Crippen LogP contribution in [0.3, 0.4) is 0 Å². The van der Waals surface area contributed by atoms with Crippen LogP contribution >= 0.6 is 0 Å². The van der Waals surface area contributed by atoms with Gasteiger partial charge in [0, 0.05) is 12.1 Å². The number of carbonyl (C=O) groups is 1. The first-order valence-corrected chi connectivity index (χ1v) is 4.65. The second kappa shape index (κ2) is 4.13. The van der Waals surface area contributed by atoms with E-state index in [1.165, 1.54) is 12.3 Å². The van der Waals surface area contributed by atoms with Crippen LogP contribution in [-0.2, 0) is 9.53 Å². The van der Waals surface area contributed by atoms with E-state index < -0.39 is 0 Å². The maximum Gasteiger partial charge on any atom is 0.213 e. The average Bonchev–Trinajstić information content (AvgIpc) is 2.29. The normalized spacial score (nSPS) is 19.8. The highest BCUT2D eigenvalue weighted by Crippen LogP contribution is 2.24. The Hall–Kier alpha value is -1.84. The van der Waals surface area contributed by atoms with Gasteiger partial charge in [0.05, 0.1) is 25.5 Å². The van der Waals surface area contributed by atoms with Gasteiger partial charge in [-0.25, -0.2) is 4.98 Å². The van der Waals surface area contributed by atoms with Crippen molar-refractivity contribution in [2.45, 2.75) is 12.5 Å². The fourth-order valence-corrected chi connectivity index (χ4v) is 1.41. The summed E-state index contributed by atoms with van der Waals surface area (Å²) >= 11 is 0. The standard InChI is InChI=1S/C11H11NO3/c1-14-11-4-2-3-9(12-11)10-7-8(13)5-6-15-10/h2-6,10H,7H2,1H3. The van der Waals surface area contributed by atoms with Gasteiger partial charge in [0.15, 0.2) is 5.78 Å². The number of ketones is 1. The molecule has 0 saturated carbocycles. The lowest BCUT2D eigenvalue weighted by Crippen LogP contribution is -2.12. The van der Waals surface area contributed by atoms with Crippen molar-refractivity contribution in [1.82, 2.24) is 4.98 Å². The second-order valence-corrected chi connectivity index (χ2v) is 3.20. The van der Waals surface area contributed by atoms with Crippen LogP contribution in [0.5, 0.6) is 5.88 Å². The molecule has 4 heteroatoms. The Morgan fingerprint density at radius 2 is 2.40 bits per heavy atom. The maximum absolute atomic E-state index is 11.2. The van der Waals surface area contributed by atoms with Crippen LogP contribution in [0.2, 0.25) is 0 Å². The summed E-state index contributed by atoms with van der Waals surface area (Å²) in [5.74, 6) is 0.578. The number of pyridine rings is 1. The lowest BCUT2D eigenvalue weighted by molar-refractivity contribution is -0.118. The molecule has 0 aromatic carbocycles. The Labute approximate surface area is 87.5 Å². The van der Waals surface area contributed by atoms with E-state index >= 15 is 0 Å². The number of methoxy groups -OCH3 is 1. The minimum Gasteiger partial charge on any atom is -0.491 e. The number of hydrogen-bond acceptors (Lipinski definition) is 4. The van der Waals surface area contributed by atoms with Crippen molar-refractivity contribution in [2.24, 2.45) is 0 Å². The van der Waals surface area contributed by atoms with Gasteiger partial charge in [-0.2, -0.15) is 0 Å². The van der Waals surface area contributed by atoms with Crippen LogP contribution in [0.1, 0.15) is 18.2 Å². The quantitative estimate of drug-likeness (QED) is 0.736. The summed E-state index contributed by atoms with van der Waals surface area (Å²) in [6, 6.07) is 5.40. The van der Waals surface area contributed by atoms with Gasteiger partial charge in [0.2, 0.25) is 5.88 Å². The van der Waals surface area contributed by atoms with E-state index in [0.29, 0.717) is 18.0 Å². The Morgan fingerprint density at radius 1 is 1.53 bits per heavy atom. The fraction of sp³-hybridized carbons (Fsp3) is 0.273. The molecule has 0 N–H and O–H groups in total. The Bertz CT molecular complexity index is 401. The summed E-state index contributed by atoms with van der Waals surface area (Å²) in [6.45, 7) is 0. The Morgan fingerprint density at radius 3 is 3.13 bits per heavy atom. The van der Waals surface area contributed by atoms with Crippen LogP contribution in [-0.4, -0.2) is 17.9 Å². The SMILES string of the molecule is COc1cccc(C2CC(=O)C=CO2)n1. The summed E-state index contributed by atoms with van der Waals surface area (Å²) < 4.78 is 10.3. The number of allylic oxidation sites excluding steroid dienone is 1. The lowest BCUT2D eigenvalue weighted by Gasteiger charge is -2.18. The van der Waals surface area contributed by atoms with E-state index in [4.69, 9.17) is 9.47 Å². The van der Waals surface area contributed by atoms with Crippen LogP contribution in [0, 0.1) is 0 Å². The molecule has 78 valence electrons. The van der Waals surface area contributed by atoms with Gasteiger partial charge in [-0.3, -0.25) is 4.79 Å². The topological polar surface area (TPSA) is 48.4 Å². The van der Waals surface area contributed by atoms with Crippen molar-refractivity contribution in [1.29, 1.82) is 0 Å². The van der Waals surface area contributed by atoms with Crippen LogP contribution in [0.25, 0.3) is 0 Å². The van der Waals surface area contributed by atoms with Gasteiger partial charge in [0.25, 0.3) is 0 Å². The Kier molecular flexibility index (Phi) is 2.67. The number of rotatable bonds is 2. The Balaban J connectivity index is 2.22. The van der Waals surface area contributed by atoms with Gasteiger partial charge in [0.1, 0.15) is 6.10 Å². The van der Waals surface area contributed by atoms with Crippen molar-refractivity contribution in [2.75, 3.05) is 7.11 Å². The molecular weight excluding hydrogens is 194 g/mol. The summed E-state index contributed by atoms with van der Waals surface area (Å²) in [4.78, 5) is 15.4. The minimum absolute atomic E-state index is 0.0517. The van der Waals surface area contributed by atoms with E-state index in [1.54, 1.807) is 13.2 Å². The maximum atomic E-state index is 11.2. The first kappa shape index (κ1) is 9.71. The van der Waals surface area contributed by atoms with E-state index in [1.807, 2.05) is 12.1 Å². The highest BCUT2D eigenvalue weighted by Gasteiger charge is 2.20. The van der Waals surface area contributed by atoms with Crippen molar-refractivity contribution in [3.63, 3.8) is 0 Å². The highest BCUT2D eigenvalue weighted by atomic mass is 16.5. The summed E-state index contributed by atoms with van der Waals surface area (Å²) in [6.07, 6.45) is 2.88. The van der Waals surface area contributed by atoms with Gasteiger partial charge in [-0.05, 0) is 6.07 Å². The van der Waals surface area contributed by atoms with E-state index in [0.717, 1.165) is 0 Å². The molecule has 0 saturated heterocycles. The van der Waals surface area contributed by atoms with Gasteiger partial charge in [-0.1, -0.05) is 6.07 Å². The number of aromatic nitrogens is 1. The number of nitrogens with zero attached hydrogens (tertiary/aromatic N) is 1. The molecule has 1 unspecified atom stereocenters.